The molecule has 3 heterocycles. The summed E-state index contributed by atoms with van der Waals surface area (Å²) < 4.78 is 14.1. The lowest BCUT2D eigenvalue weighted by molar-refractivity contribution is 0.101. The van der Waals surface area contributed by atoms with Gasteiger partial charge in [0.1, 0.15) is 17.9 Å². The van der Waals surface area contributed by atoms with Crippen molar-refractivity contribution in [2.24, 2.45) is 17.8 Å². The Morgan fingerprint density at radius 1 is 1.52 bits per heavy atom. The fourth-order valence-electron chi connectivity index (χ4n) is 2.67. The molecular weight excluding hydrogens is 343 g/mol. The first-order valence-corrected chi connectivity index (χ1v) is 8.75. The van der Waals surface area contributed by atoms with E-state index in [-0.39, 0.29) is 17.3 Å². The standard InChI is InChI=1S/C16H19FN6OS/c1-16(4-6-25-15(18)21-16)13-8-10(3-5-19-13)20-14(24)12-7-11(9-17)22-23(12)2/h3,5,7-8H,4,6,9H2,1-2H3,(H2,18,21)(H,19,20,24)/t16-/m0/s1. The number of anilines is 1. The molecule has 0 aliphatic carbocycles. The second-order valence-corrected chi connectivity index (χ2v) is 7.10. The fourth-order valence-corrected chi connectivity index (χ4v) is 3.65. The molecule has 25 heavy (non-hydrogen) atoms. The van der Waals surface area contributed by atoms with E-state index in [4.69, 9.17) is 5.73 Å². The Kier molecular flexibility index (Phi) is 4.76. The summed E-state index contributed by atoms with van der Waals surface area (Å²) in [6.07, 6.45) is 2.43. The van der Waals surface area contributed by atoms with Gasteiger partial charge in [-0.3, -0.25) is 14.5 Å². The van der Waals surface area contributed by atoms with Gasteiger partial charge in [0.2, 0.25) is 0 Å². The number of pyridine rings is 1. The molecule has 0 unspecified atom stereocenters. The van der Waals surface area contributed by atoms with Crippen LogP contribution in [0.2, 0.25) is 0 Å². The molecule has 7 nitrogen and oxygen atoms in total. The number of nitrogens with zero attached hydrogens (tertiary/aromatic N) is 4. The van der Waals surface area contributed by atoms with Crippen LogP contribution in [0.3, 0.4) is 0 Å². The van der Waals surface area contributed by atoms with E-state index in [1.54, 1.807) is 25.4 Å². The highest BCUT2D eigenvalue weighted by molar-refractivity contribution is 8.13. The van der Waals surface area contributed by atoms with Gasteiger partial charge < -0.3 is 11.1 Å². The largest absolute Gasteiger partial charge is 0.379 e. The molecule has 0 saturated carbocycles. The molecular formula is C16H19FN6OS. The van der Waals surface area contributed by atoms with Crippen LogP contribution in [0.25, 0.3) is 0 Å². The van der Waals surface area contributed by atoms with Gasteiger partial charge in [0.25, 0.3) is 5.91 Å². The van der Waals surface area contributed by atoms with E-state index in [9.17, 15) is 9.18 Å². The highest BCUT2D eigenvalue weighted by Gasteiger charge is 2.31. The summed E-state index contributed by atoms with van der Waals surface area (Å²) >= 11 is 1.52. The van der Waals surface area contributed by atoms with Gasteiger partial charge in [-0.15, -0.1) is 0 Å². The van der Waals surface area contributed by atoms with E-state index >= 15 is 0 Å². The zero-order valence-corrected chi connectivity index (χ0v) is 14.8. The quantitative estimate of drug-likeness (QED) is 0.869. The number of thioether (sulfide) groups is 1. The Balaban J connectivity index is 1.83. The van der Waals surface area contributed by atoms with E-state index in [2.05, 4.69) is 20.4 Å². The smallest absolute Gasteiger partial charge is 0.273 e. The van der Waals surface area contributed by atoms with Crippen LogP contribution in [-0.4, -0.2) is 31.6 Å². The Hall–Kier alpha value is -2.42. The molecule has 1 aliphatic rings. The summed E-state index contributed by atoms with van der Waals surface area (Å²) in [5.74, 6) is 0.504. The SMILES string of the molecule is Cn1nc(CF)cc1C(=O)Nc1ccnc([C@]2(C)CCSC(N)=N2)c1. The first-order valence-electron chi connectivity index (χ1n) is 7.76. The van der Waals surface area contributed by atoms with Gasteiger partial charge in [-0.05, 0) is 31.5 Å². The molecule has 0 radical (unpaired) electrons. The van der Waals surface area contributed by atoms with Crippen LogP contribution in [-0.2, 0) is 19.3 Å². The van der Waals surface area contributed by atoms with E-state index < -0.39 is 12.2 Å². The number of aliphatic imine (C=N–C) groups is 1. The van der Waals surface area contributed by atoms with Crippen LogP contribution < -0.4 is 11.1 Å². The second-order valence-electron chi connectivity index (χ2n) is 5.98. The number of amides is 1. The van der Waals surface area contributed by atoms with Gasteiger partial charge in [-0.25, -0.2) is 9.38 Å². The number of carbonyl (C=O) groups excluding carboxylic acids is 1. The number of halogens is 1. The van der Waals surface area contributed by atoms with Crippen molar-refractivity contribution in [2.75, 3.05) is 11.1 Å². The Bertz CT molecular complexity index is 836. The molecule has 3 N–H and O–H groups in total. The lowest BCUT2D eigenvalue weighted by Gasteiger charge is -2.28. The van der Waals surface area contributed by atoms with Crippen molar-refractivity contribution >= 4 is 28.5 Å². The van der Waals surface area contributed by atoms with Crippen molar-refractivity contribution in [3.63, 3.8) is 0 Å². The lowest BCUT2D eigenvalue weighted by atomic mass is 9.94. The maximum absolute atomic E-state index is 12.7. The molecule has 2 aromatic heterocycles. The highest BCUT2D eigenvalue weighted by Crippen LogP contribution is 2.34. The number of rotatable bonds is 4. The second kappa shape index (κ2) is 6.83. The average Bonchev–Trinajstić information content (AvgIpc) is 2.96. The minimum Gasteiger partial charge on any atom is -0.379 e. The van der Waals surface area contributed by atoms with Crippen molar-refractivity contribution < 1.29 is 9.18 Å². The number of carbonyl (C=O) groups is 1. The lowest BCUT2D eigenvalue weighted by Crippen LogP contribution is -2.29. The van der Waals surface area contributed by atoms with Gasteiger partial charge in [-0.2, -0.15) is 5.10 Å². The molecule has 0 saturated heterocycles. The Labute approximate surface area is 148 Å². The Morgan fingerprint density at radius 2 is 2.32 bits per heavy atom. The molecule has 1 amide bonds. The number of aryl methyl sites for hydroxylation is 1. The molecule has 1 aliphatic heterocycles. The van der Waals surface area contributed by atoms with E-state index in [0.29, 0.717) is 10.9 Å². The Morgan fingerprint density at radius 3 is 3.00 bits per heavy atom. The van der Waals surface area contributed by atoms with E-state index in [1.807, 2.05) is 6.92 Å². The van der Waals surface area contributed by atoms with Crippen molar-refractivity contribution in [3.05, 3.63) is 41.5 Å². The average molecular weight is 362 g/mol. The van der Waals surface area contributed by atoms with Gasteiger partial charge in [0.15, 0.2) is 5.17 Å². The number of alkyl halides is 1. The third-order valence-electron chi connectivity index (χ3n) is 4.07. The highest BCUT2D eigenvalue weighted by atomic mass is 32.2. The van der Waals surface area contributed by atoms with Crippen LogP contribution in [0.4, 0.5) is 10.1 Å². The van der Waals surface area contributed by atoms with Gasteiger partial charge >= 0.3 is 0 Å². The number of aromatic nitrogens is 3. The normalized spacial score (nSPS) is 20.2. The van der Waals surface area contributed by atoms with Crippen molar-refractivity contribution in [2.45, 2.75) is 25.6 Å². The predicted octanol–water partition coefficient (Wildman–Crippen LogP) is 2.20. The third kappa shape index (κ3) is 3.65. The number of amidine groups is 1. The number of hydrogen-bond acceptors (Lipinski definition) is 6. The number of hydrogen-bond donors (Lipinski definition) is 2. The molecule has 9 heteroatoms. The fraction of sp³-hybridized carbons (Fsp3) is 0.375. The van der Waals surface area contributed by atoms with E-state index in [1.165, 1.54) is 22.5 Å². The van der Waals surface area contributed by atoms with Gasteiger partial charge in [0.05, 0.1) is 11.4 Å². The molecule has 0 spiro atoms. The summed E-state index contributed by atoms with van der Waals surface area (Å²) in [6.45, 7) is 1.26. The van der Waals surface area contributed by atoms with Crippen LogP contribution in [0.15, 0.2) is 29.4 Å². The van der Waals surface area contributed by atoms with Gasteiger partial charge in [0, 0.05) is 24.7 Å². The molecule has 3 rings (SSSR count). The molecule has 0 aromatic carbocycles. The molecule has 0 bridgehead atoms. The van der Waals surface area contributed by atoms with Crippen LogP contribution in [0.5, 0.6) is 0 Å². The van der Waals surface area contributed by atoms with Crippen LogP contribution in [0, 0.1) is 0 Å². The van der Waals surface area contributed by atoms with E-state index in [0.717, 1.165) is 17.9 Å². The first kappa shape index (κ1) is 17.4. The summed E-state index contributed by atoms with van der Waals surface area (Å²) in [7, 11) is 1.60. The topological polar surface area (TPSA) is 98.2 Å². The predicted molar refractivity (Wildman–Crippen MR) is 96.3 cm³/mol. The zero-order chi connectivity index (χ0) is 18.0. The van der Waals surface area contributed by atoms with Gasteiger partial charge in [-0.1, -0.05) is 11.8 Å². The molecule has 132 valence electrons. The monoisotopic (exact) mass is 362 g/mol. The first-order chi connectivity index (χ1) is 11.9. The van der Waals surface area contributed by atoms with Crippen molar-refractivity contribution in [1.82, 2.24) is 14.8 Å². The van der Waals surface area contributed by atoms with Crippen molar-refractivity contribution in [1.29, 1.82) is 0 Å². The summed E-state index contributed by atoms with van der Waals surface area (Å²) in [6, 6.07) is 4.92. The molecule has 1 atom stereocenters. The number of nitrogens with one attached hydrogen (secondary N) is 1. The van der Waals surface area contributed by atoms with Crippen LogP contribution >= 0.6 is 11.8 Å². The minimum atomic E-state index is -0.712. The zero-order valence-electron chi connectivity index (χ0n) is 14.0. The molecule has 0 fully saturated rings. The minimum absolute atomic E-state index is 0.222. The summed E-state index contributed by atoms with van der Waals surface area (Å²) in [4.78, 5) is 21.3. The summed E-state index contributed by atoms with van der Waals surface area (Å²) in [5, 5.41) is 7.27. The molecule has 2 aromatic rings. The third-order valence-corrected chi connectivity index (χ3v) is 4.86. The maximum atomic E-state index is 12.7. The number of nitrogens with two attached hydrogens (primary N) is 1. The van der Waals surface area contributed by atoms with Crippen molar-refractivity contribution in [3.8, 4) is 0 Å². The summed E-state index contributed by atoms with van der Waals surface area (Å²) in [5.41, 5.74) is 7.18. The van der Waals surface area contributed by atoms with Crippen LogP contribution in [0.1, 0.15) is 35.2 Å². The maximum Gasteiger partial charge on any atom is 0.273 e.